The third-order valence-electron chi connectivity index (χ3n) is 7.50. The van der Waals surface area contributed by atoms with Gasteiger partial charge in [0, 0.05) is 37.0 Å². The van der Waals surface area contributed by atoms with E-state index in [0.29, 0.717) is 52.6 Å². The van der Waals surface area contributed by atoms with Crippen molar-refractivity contribution in [2.24, 2.45) is 0 Å². The number of aromatic nitrogens is 3. The van der Waals surface area contributed by atoms with Crippen LogP contribution in [0.3, 0.4) is 0 Å². The Bertz CT molecular complexity index is 1540. The number of rotatable bonds is 8. The zero-order valence-electron chi connectivity index (χ0n) is 22.1. The Morgan fingerprint density at radius 3 is 2.70 bits per heavy atom. The molecule has 2 aliphatic heterocycles. The van der Waals surface area contributed by atoms with Gasteiger partial charge in [-0.1, -0.05) is 42.6 Å². The van der Waals surface area contributed by atoms with Crippen LogP contribution >= 0.6 is 11.6 Å². The van der Waals surface area contributed by atoms with Crippen LogP contribution in [0.1, 0.15) is 48.5 Å². The van der Waals surface area contributed by atoms with Crippen LogP contribution in [0.15, 0.2) is 61.1 Å². The van der Waals surface area contributed by atoms with E-state index in [0.717, 1.165) is 25.7 Å². The molecular formula is C30H30ClN5O4. The molecule has 2 fully saturated rings. The van der Waals surface area contributed by atoms with Gasteiger partial charge < -0.3 is 24.7 Å². The van der Waals surface area contributed by atoms with Crippen LogP contribution in [-0.2, 0) is 9.53 Å². The summed E-state index contributed by atoms with van der Waals surface area (Å²) in [5, 5.41) is 4.28. The largest absolute Gasteiger partial charge is 0.457 e. The summed E-state index contributed by atoms with van der Waals surface area (Å²) in [6.07, 6.45) is 6.73. The maximum absolute atomic E-state index is 13.7. The maximum Gasteiger partial charge on any atom is 0.254 e. The zero-order chi connectivity index (χ0) is 27.6. The molecule has 0 radical (unpaired) electrons. The lowest BCUT2D eigenvalue weighted by Gasteiger charge is -2.30. The van der Waals surface area contributed by atoms with Crippen LogP contribution in [0.4, 0.5) is 5.82 Å². The summed E-state index contributed by atoms with van der Waals surface area (Å²) in [4.78, 5) is 40.5. The van der Waals surface area contributed by atoms with Gasteiger partial charge in [0.25, 0.3) is 5.91 Å². The number of fused-ring (bicyclic) bond motifs is 1. The fraction of sp³-hybridized carbons (Fsp3) is 0.333. The zero-order valence-corrected chi connectivity index (χ0v) is 22.9. The SMILES string of the molecule is CC1OC1C(=O)N1CCCCCC1CNc1ncnc2[nH]cc(C(=O)c3ccc(Oc4ccccc4)cc3Cl)c12. The number of epoxide rings is 1. The molecular weight excluding hydrogens is 530 g/mol. The van der Waals surface area contributed by atoms with Crippen molar-refractivity contribution < 1.29 is 19.1 Å². The third-order valence-corrected chi connectivity index (χ3v) is 7.81. The molecule has 2 aromatic carbocycles. The second kappa shape index (κ2) is 11.3. The number of hydrogen-bond donors (Lipinski definition) is 2. The predicted molar refractivity (Wildman–Crippen MR) is 152 cm³/mol. The van der Waals surface area contributed by atoms with Gasteiger partial charge in [0.2, 0.25) is 0 Å². The average molecular weight is 560 g/mol. The fourth-order valence-electron chi connectivity index (χ4n) is 5.29. The van der Waals surface area contributed by atoms with Crippen molar-refractivity contribution in [3.05, 3.63) is 77.2 Å². The van der Waals surface area contributed by atoms with Gasteiger partial charge in [0.15, 0.2) is 11.9 Å². The lowest BCUT2D eigenvalue weighted by molar-refractivity contribution is -0.134. The van der Waals surface area contributed by atoms with Crippen molar-refractivity contribution in [2.75, 3.05) is 18.4 Å². The molecule has 206 valence electrons. The van der Waals surface area contributed by atoms with Crippen LogP contribution in [0.2, 0.25) is 5.02 Å². The number of likely N-dealkylation sites (tertiary alicyclic amines) is 1. The molecule has 6 rings (SSSR count). The van der Waals surface area contributed by atoms with Gasteiger partial charge in [0.1, 0.15) is 29.3 Å². The molecule has 10 heteroatoms. The van der Waals surface area contributed by atoms with Crippen LogP contribution in [0.25, 0.3) is 11.0 Å². The van der Waals surface area contributed by atoms with Crippen LogP contribution in [-0.4, -0.2) is 62.9 Å². The van der Waals surface area contributed by atoms with E-state index in [-0.39, 0.29) is 35.0 Å². The number of amides is 1. The van der Waals surface area contributed by atoms with Crippen molar-refractivity contribution in [1.82, 2.24) is 19.9 Å². The molecule has 40 heavy (non-hydrogen) atoms. The topological polar surface area (TPSA) is 113 Å². The van der Waals surface area contributed by atoms with Gasteiger partial charge in [-0.3, -0.25) is 9.59 Å². The number of nitrogens with zero attached hydrogens (tertiary/aromatic N) is 3. The average Bonchev–Trinajstić information content (AvgIpc) is 3.61. The fourth-order valence-corrected chi connectivity index (χ4v) is 5.55. The number of ether oxygens (including phenoxy) is 2. The number of H-pyrrole nitrogens is 1. The lowest BCUT2D eigenvalue weighted by Crippen LogP contribution is -2.46. The van der Waals surface area contributed by atoms with Gasteiger partial charge in [-0.25, -0.2) is 9.97 Å². The van der Waals surface area contributed by atoms with Gasteiger partial charge in [-0.05, 0) is 44.0 Å². The van der Waals surface area contributed by atoms with E-state index in [4.69, 9.17) is 21.1 Å². The quantitative estimate of drug-likeness (QED) is 0.213. The first kappa shape index (κ1) is 26.3. The summed E-state index contributed by atoms with van der Waals surface area (Å²) >= 11 is 6.56. The number of carbonyl (C=O) groups is 2. The molecule has 2 aliphatic rings. The van der Waals surface area contributed by atoms with Crippen molar-refractivity contribution in [2.45, 2.75) is 50.9 Å². The first-order chi connectivity index (χ1) is 19.5. The van der Waals surface area contributed by atoms with Gasteiger partial charge in [-0.15, -0.1) is 0 Å². The molecule has 3 atom stereocenters. The first-order valence-electron chi connectivity index (χ1n) is 13.6. The van der Waals surface area contributed by atoms with E-state index in [2.05, 4.69) is 20.3 Å². The molecule has 0 aliphatic carbocycles. The number of halogens is 1. The summed E-state index contributed by atoms with van der Waals surface area (Å²) in [5.74, 6) is 1.54. The highest BCUT2D eigenvalue weighted by Crippen LogP contribution is 2.32. The second-order valence-electron chi connectivity index (χ2n) is 10.2. The summed E-state index contributed by atoms with van der Waals surface area (Å²) in [5.41, 5.74) is 1.29. The van der Waals surface area contributed by atoms with E-state index >= 15 is 0 Å². The molecule has 2 saturated heterocycles. The highest BCUT2D eigenvalue weighted by molar-refractivity contribution is 6.35. The minimum atomic E-state index is -0.338. The maximum atomic E-state index is 13.7. The number of hydrogen-bond acceptors (Lipinski definition) is 7. The molecule has 0 saturated carbocycles. The van der Waals surface area contributed by atoms with Crippen LogP contribution in [0.5, 0.6) is 11.5 Å². The van der Waals surface area contributed by atoms with Gasteiger partial charge >= 0.3 is 0 Å². The number of anilines is 1. The number of ketones is 1. The van der Waals surface area contributed by atoms with Gasteiger partial charge in [0.05, 0.1) is 22.1 Å². The minimum absolute atomic E-state index is 0.00103. The van der Waals surface area contributed by atoms with E-state index in [1.54, 1.807) is 24.4 Å². The first-order valence-corrected chi connectivity index (χ1v) is 14.0. The molecule has 0 bridgehead atoms. The normalized spacial score (nSPS) is 20.6. The summed E-state index contributed by atoms with van der Waals surface area (Å²) < 4.78 is 11.3. The lowest BCUT2D eigenvalue weighted by atomic mass is 10.0. The Labute approximate surface area is 236 Å². The number of aromatic amines is 1. The van der Waals surface area contributed by atoms with E-state index < -0.39 is 0 Å². The number of nitrogens with one attached hydrogen (secondary N) is 2. The summed E-state index contributed by atoms with van der Waals surface area (Å²) in [6, 6.07) is 14.4. The monoisotopic (exact) mass is 559 g/mol. The van der Waals surface area contributed by atoms with E-state index in [9.17, 15) is 9.59 Å². The summed E-state index contributed by atoms with van der Waals surface area (Å²) in [7, 11) is 0. The molecule has 4 heterocycles. The molecule has 1 amide bonds. The number of carbonyl (C=O) groups excluding carboxylic acids is 2. The summed E-state index contributed by atoms with van der Waals surface area (Å²) in [6.45, 7) is 3.14. The van der Waals surface area contributed by atoms with Crippen LogP contribution in [0, 0.1) is 0 Å². The molecule has 3 unspecified atom stereocenters. The molecule has 2 N–H and O–H groups in total. The molecule has 4 aromatic rings. The Morgan fingerprint density at radius 1 is 1.10 bits per heavy atom. The van der Waals surface area contributed by atoms with E-state index in [1.165, 1.54) is 6.33 Å². The molecule has 0 spiro atoms. The van der Waals surface area contributed by atoms with E-state index in [1.807, 2.05) is 42.2 Å². The van der Waals surface area contributed by atoms with Crippen molar-refractivity contribution in [3.63, 3.8) is 0 Å². The highest BCUT2D eigenvalue weighted by Gasteiger charge is 2.45. The van der Waals surface area contributed by atoms with Crippen molar-refractivity contribution >= 4 is 40.1 Å². The third kappa shape index (κ3) is 5.39. The molecule has 2 aromatic heterocycles. The number of para-hydroxylation sites is 1. The Morgan fingerprint density at radius 2 is 1.93 bits per heavy atom. The minimum Gasteiger partial charge on any atom is -0.457 e. The predicted octanol–water partition coefficient (Wildman–Crippen LogP) is 5.61. The van der Waals surface area contributed by atoms with Crippen molar-refractivity contribution in [3.8, 4) is 11.5 Å². The number of benzene rings is 2. The van der Waals surface area contributed by atoms with Gasteiger partial charge in [-0.2, -0.15) is 0 Å². The van der Waals surface area contributed by atoms with Crippen LogP contribution < -0.4 is 10.1 Å². The Hall–Kier alpha value is -3.95. The van der Waals surface area contributed by atoms with Crippen molar-refractivity contribution in [1.29, 1.82) is 0 Å². The standard InChI is InChI=1S/C30H30ClN5O4/c1-18-27(39-18)30(38)36-13-7-3-4-8-19(36)15-32-28-25-23(16-33-29(25)35-17-34-28)26(37)22-12-11-21(14-24(22)31)40-20-9-5-2-6-10-20/h2,5-6,9-12,14,16-19,27H,3-4,7-8,13,15H2,1H3,(H2,32,33,34,35). The second-order valence-corrected chi connectivity index (χ2v) is 10.6. The smallest absolute Gasteiger partial charge is 0.254 e. The highest BCUT2D eigenvalue weighted by atomic mass is 35.5. The molecule has 9 nitrogen and oxygen atoms in total. The Balaban J connectivity index is 1.23. The Kier molecular flexibility index (Phi) is 7.40.